The van der Waals surface area contributed by atoms with Gasteiger partial charge in [-0.1, -0.05) is 44.9 Å². The number of nitrogens with zero attached hydrogens (tertiary/aromatic N) is 1. The van der Waals surface area contributed by atoms with Crippen LogP contribution in [0.1, 0.15) is 57.1 Å². The number of rotatable bonds is 17. The summed E-state index contributed by atoms with van der Waals surface area (Å²) in [4.78, 5) is 2.61. The highest BCUT2D eigenvalue weighted by molar-refractivity contribution is 5.42. The van der Waals surface area contributed by atoms with Gasteiger partial charge < -0.3 is 34.1 Å². The van der Waals surface area contributed by atoms with Crippen molar-refractivity contribution < 1.29 is 28.8 Å². The van der Waals surface area contributed by atoms with E-state index < -0.39 is 6.10 Å². The number of hydrogen-bond acceptors (Lipinski definition) is 8. The van der Waals surface area contributed by atoms with Crippen LogP contribution in [0.5, 0.6) is 17.2 Å². The van der Waals surface area contributed by atoms with Crippen LogP contribution >= 0.6 is 0 Å². The van der Waals surface area contributed by atoms with Gasteiger partial charge in [-0.25, -0.2) is 0 Å². The molecule has 1 aliphatic heterocycles. The highest BCUT2D eigenvalue weighted by Gasteiger charge is 2.35. The minimum absolute atomic E-state index is 0.280. The molecule has 0 amide bonds. The summed E-state index contributed by atoms with van der Waals surface area (Å²) in [6.07, 6.45) is 7.71. The van der Waals surface area contributed by atoms with E-state index in [9.17, 15) is 5.11 Å². The molecule has 1 saturated heterocycles. The summed E-state index contributed by atoms with van der Waals surface area (Å²) < 4.78 is 29.4. The first-order valence-electron chi connectivity index (χ1n) is 15.8. The fourth-order valence-corrected chi connectivity index (χ4v) is 5.96. The molecule has 8 nitrogen and oxygen atoms in total. The lowest BCUT2D eigenvalue weighted by Crippen LogP contribution is -2.46. The largest absolute Gasteiger partial charge is 0.493 e. The fourth-order valence-electron chi connectivity index (χ4n) is 5.96. The molecule has 234 valence electrons. The van der Waals surface area contributed by atoms with Crippen LogP contribution in [-0.2, 0) is 22.3 Å². The lowest BCUT2D eigenvalue weighted by Gasteiger charge is -2.38. The molecule has 42 heavy (non-hydrogen) atoms. The summed E-state index contributed by atoms with van der Waals surface area (Å²) in [6, 6.07) is 15.1. The second-order valence-electron chi connectivity index (χ2n) is 11.9. The molecule has 8 heteroatoms. The summed E-state index contributed by atoms with van der Waals surface area (Å²) in [5, 5.41) is 13.3. The summed E-state index contributed by atoms with van der Waals surface area (Å²) in [5.74, 6) is 2.30. The summed E-state index contributed by atoms with van der Waals surface area (Å²) in [5.41, 5.74) is 2.43. The molecular weight excluding hydrogens is 532 g/mol. The van der Waals surface area contributed by atoms with Crippen molar-refractivity contribution in [2.75, 3.05) is 53.7 Å². The van der Waals surface area contributed by atoms with Crippen molar-refractivity contribution in [1.29, 1.82) is 0 Å². The van der Waals surface area contributed by atoms with Gasteiger partial charge in [0.25, 0.3) is 0 Å². The molecule has 1 saturated carbocycles. The number of likely N-dealkylation sites (tertiary alicyclic amines) is 1. The number of hydrogen-bond donors (Lipinski definition) is 2. The zero-order valence-corrected chi connectivity index (χ0v) is 26.1. The van der Waals surface area contributed by atoms with Crippen molar-refractivity contribution in [2.24, 2.45) is 0 Å². The van der Waals surface area contributed by atoms with Crippen LogP contribution in [0, 0.1) is 0 Å². The number of benzene rings is 2. The van der Waals surface area contributed by atoms with Crippen molar-refractivity contribution in [3.8, 4) is 17.2 Å². The van der Waals surface area contributed by atoms with E-state index in [1.807, 2.05) is 24.3 Å². The Bertz CT molecular complexity index is 1050. The summed E-state index contributed by atoms with van der Waals surface area (Å²) in [6.45, 7) is 8.43. The molecule has 4 atom stereocenters. The molecule has 4 rings (SSSR count). The Labute approximate surface area is 252 Å². The van der Waals surface area contributed by atoms with Crippen LogP contribution in [0.4, 0.5) is 0 Å². The predicted molar refractivity (Wildman–Crippen MR) is 166 cm³/mol. The molecule has 0 bridgehead atoms. The molecule has 0 spiro atoms. The lowest BCUT2D eigenvalue weighted by atomic mass is 9.91. The van der Waals surface area contributed by atoms with Crippen LogP contribution in [0.2, 0.25) is 0 Å². The van der Waals surface area contributed by atoms with Crippen LogP contribution < -0.4 is 19.5 Å². The molecule has 1 unspecified atom stereocenters. The number of nitrogens with one attached hydrogen (secondary N) is 1. The quantitative estimate of drug-likeness (QED) is 0.278. The third kappa shape index (κ3) is 10.1. The third-order valence-electron chi connectivity index (χ3n) is 8.36. The van der Waals surface area contributed by atoms with Gasteiger partial charge >= 0.3 is 0 Å². The SMILES string of the molecule is COc1ccc(CCO[C@@H]2CCCC[C@H]2N2CC[C@@H](OCCc3ccc(OCC(O)CNC(C)C)cc3)C2)cc1OC. The van der Waals surface area contributed by atoms with E-state index in [0.717, 1.165) is 56.0 Å². The van der Waals surface area contributed by atoms with Gasteiger partial charge in [0.2, 0.25) is 0 Å². The van der Waals surface area contributed by atoms with Gasteiger partial charge in [-0.2, -0.15) is 0 Å². The van der Waals surface area contributed by atoms with Crippen LogP contribution in [0.25, 0.3) is 0 Å². The van der Waals surface area contributed by atoms with Crippen molar-refractivity contribution >= 4 is 0 Å². The van der Waals surface area contributed by atoms with E-state index in [2.05, 4.69) is 42.3 Å². The molecule has 1 aliphatic carbocycles. The zero-order valence-electron chi connectivity index (χ0n) is 26.1. The van der Waals surface area contributed by atoms with Crippen molar-refractivity contribution in [3.63, 3.8) is 0 Å². The second-order valence-corrected chi connectivity index (χ2v) is 11.9. The maximum absolute atomic E-state index is 10.0. The van der Waals surface area contributed by atoms with E-state index >= 15 is 0 Å². The second kappa shape index (κ2) is 17.1. The topological polar surface area (TPSA) is 81.7 Å². The number of methoxy groups -OCH3 is 2. The first-order valence-corrected chi connectivity index (χ1v) is 15.8. The Morgan fingerprint density at radius 1 is 0.881 bits per heavy atom. The van der Waals surface area contributed by atoms with Gasteiger partial charge in [0.05, 0.1) is 39.6 Å². The molecule has 0 aromatic heterocycles. The molecular formula is C34H52N2O6. The van der Waals surface area contributed by atoms with Crippen LogP contribution in [0.15, 0.2) is 42.5 Å². The highest BCUT2D eigenvalue weighted by atomic mass is 16.5. The lowest BCUT2D eigenvalue weighted by molar-refractivity contribution is -0.0343. The van der Waals surface area contributed by atoms with Gasteiger partial charge in [0.1, 0.15) is 18.5 Å². The molecule has 2 aromatic carbocycles. The Hall–Kier alpha value is -2.36. The predicted octanol–water partition coefficient (Wildman–Crippen LogP) is 4.65. The Balaban J connectivity index is 1.15. The smallest absolute Gasteiger partial charge is 0.160 e. The maximum Gasteiger partial charge on any atom is 0.160 e. The molecule has 1 heterocycles. The normalized spacial score (nSPS) is 21.9. The molecule has 2 aromatic rings. The maximum atomic E-state index is 10.0. The first-order chi connectivity index (χ1) is 20.4. The molecule has 2 N–H and O–H groups in total. The molecule has 2 fully saturated rings. The summed E-state index contributed by atoms with van der Waals surface area (Å²) in [7, 11) is 3.34. The van der Waals surface area contributed by atoms with Crippen molar-refractivity contribution in [3.05, 3.63) is 53.6 Å². The molecule has 2 aliphatic rings. The van der Waals surface area contributed by atoms with Crippen LogP contribution in [-0.4, -0.2) is 94.1 Å². The Morgan fingerprint density at radius 2 is 1.60 bits per heavy atom. The minimum atomic E-state index is -0.522. The monoisotopic (exact) mass is 584 g/mol. The van der Waals surface area contributed by atoms with Crippen molar-refractivity contribution in [1.82, 2.24) is 10.2 Å². The van der Waals surface area contributed by atoms with Gasteiger partial charge in [-0.15, -0.1) is 0 Å². The van der Waals surface area contributed by atoms with Gasteiger partial charge in [0, 0.05) is 31.7 Å². The Morgan fingerprint density at radius 3 is 2.36 bits per heavy atom. The summed E-state index contributed by atoms with van der Waals surface area (Å²) >= 11 is 0. The van der Waals surface area contributed by atoms with E-state index in [0.29, 0.717) is 31.8 Å². The standard InChI is InChI=1S/C34H52N2O6/c1-25(2)35-22-28(37)24-42-29-12-9-26(10-13-29)16-19-40-30-15-18-36(23-30)31-7-5-6-8-32(31)41-20-17-27-11-14-33(38-3)34(21-27)39-4/h9-14,21,25,28,30-32,35,37H,5-8,15-20,22-24H2,1-4H3/t28?,30-,31-,32-/m1/s1. The highest BCUT2D eigenvalue weighted by Crippen LogP contribution is 2.30. The number of aliphatic hydroxyl groups excluding tert-OH is 1. The van der Waals surface area contributed by atoms with Gasteiger partial charge in [0.15, 0.2) is 11.5 Å². The number of aliphatic hydroxyl groups is 1. The average Bonchev–Trinajstić information content (AvgIpc) is 3.48. The number of ether oxygens (including phenoxy) is 5. The molecule has 0 radical (unpaired) electrons. The Kier molecular flexibility index (Phi) is 13.2. The van der Waals surface area contributed by atoms with E-state index in [1.54, 1.807) is 14.2 Å². The fraction of sp³-hybridized carbons (Fsp3) is 0.647. The van der Waals surface area contributed by atoms with E-state index in [4.69, 9.17) is 23.7 Å². The van der Waals surface area contributed by atoms with E-state index in [1.165, 1.54) is 30.4 Å². The van der Waals surface area contributed by atoms with E-state index in [-0.39, 0.29) is 18.8 Å². The first kappa shape index (κ1) is 32.6. The van der Waals surface area contributed by atoms with Crippen LogP contribution in [0.3, 0.4) is 0 Å². The van der Waals surface area contributed by atoms with Crippen molar-refractivity contribution in [2.45, 2.75) is 89.2 Å². The third-order valence-corrected chi connectivity index (χ3v) is 8.36. The van der Waals surface area contributed by atoms with Gasteiger partial charge in [-0.05, 0) is 67.5 Å². The zero-order chi connectivity index (χ0) is 29.7. The minimum Gasteiger partial charge on any atom is -0.493 e. The van der Waals surface area contributed by atoms with Gasteiger partial charge in [-0.3, -0.25) is 4.90 Å². The average molecular weight is 585 g/mol.